The SMILES string of the molecule is C=C(c1ccc(OC)c(OP(=O)([O-])[O-])c1)c1cc(OC)c(OC)c([Se]C)c1.[Na+].[Na+]. The van der Waals surface area contributed by atoms with E-state index in [1.165, 1.54) is 19.2 Å². The van der Waals surface area contributed by atoms with Gasteiger partial charge < -0.3 is 0 Å². The van der Waals surface area contributed by atoms with E-state index in [0.717, 1.165) is 10.0 Å². The van der Waals surface area contributed by atoms with Crippen molar-refractivity contribution in [1.29, 1.82) is 0 Å². The second-order valence-electron chi connectivity index (χ2n) is 5.30. The van der Waals surface area contributed by atoms with Crippen LogP contribution in [-0.2, 0) is 4.57 Å². The van der Waals surface area contributed by atoms with Crippen molar-refractivity contribution < 1.29 is 92.2 Å². The minimum atomic E-state index is -5.23. The summed E-state index contributed by atoms with van der Waals surface area (Å²) in [5, 5.41) is 0. The smallest absolute Gasteiger partial charge is 1.00 e. The average molecular weight is 503 g/mol. The number of hydrogen-bond acceptors (Lipinski definition) is 7. The molecule has 11 heteroatoms. The average Bonchev–Trinajstić information content (AvgIpc) is 2.64. The normalized spacial score (nSPS) is 10.3. The van der Waals surface area contributed by atoms with Crippen molar-refractivity contribution in [2.24, 2.45) is 0 Å². The van der Waals surface area contributed by atoms with Gasteiger partial charge in [0.15, 0.2) is 0 Å². The zero-order valence-corrected chi connectivity index (χ0v) is 23.9. The van der Waals surface area contributed by atoms with Crippen LogP contribution in [0.3, 0.4) is 0 Å². The molecule has 0 spiro atoms. The Morgan fingerprint density at radius 1 is 0.931 bits per heavy atom. The molecule has 146 valence electrons. The molecule has 0 radical (unpaired) electrons. The van der Waals surface area contributed by atoms with Gasteiger partial charge in [-0.15, -0.1) is 0 Å². The van der Waals surface area contributed by atoms with Crippen molar-refractivity contribution in [2.75, 3.05) is 21.3 Å². The molecular weight excluding hydrogens is 484 g/mol. The van der Waals surface area contributed by atoms with Crippen LogP contribution in [0.5, 0.6) is 23.0 Å². The first kappa shape index (κ1) is 29.0. The van der Waals surface area contributed by atoms with Gasteiger partial charge in [0.05, 0.1) is 0 Å². The van der Waals surface area contributed by atoms with Crippen molar-refractivity contribution in [3.05, 3.63) is 48.0 Å². The largest absolute Gasteiger partial charge is 1.00 e. The van der Waals surface area contributed by atoms with E-state index in [4.69, 9.17) is 14.2 Å². The molecule has 7 nitrogen and oxygen atoms in total. The van der Waals surface area contributed by atoms with Crippen LogP contribution in [-0.4, -0.2) is 36.3 Å². The Balaban J connectivity index is 0.00000392. The Morgan fingerprint density at radius 2 is 1.52 bits per heavy atom. The van der Waals surface area contributed by atoms with Crippen molar-refractivity contribution in [1.82, 2.24) is 0 Å². The number of hydrogen-bond donors (Lipinski definition) is 0. The molecular formula is C18H19Na2O7PSe. The van der Waals surface area contributed by atoms with Gasteiger partial charge in [0.1, 0.15) is 0 Å². The van der Waals surface area contributed by atoms with Crippen molar-refractivity contribution in [3.63, 3.8) is 0 Å². The van der Waals surface area contributed by atoms with Gasteiger partial charge >= 0.3 is 223 Å². The van der Waals surface area contributed by atoms with Crippen LogP contribution < -0.4 is 92.1 Å². The van der Waals surface area contributed by atoms with Gasteiger partial charge in [0.25, 0.3) is 0 Å². The Morgan fingerprint density at radius 3 is 2.00 bits per heavy atom. The standard InChI is InChI=1S/C18H21O7PSe.2Na/c1-11(13-9-16(23-3)18(24-4)17(10-13)27-5)12-6-7-14(22-2)15(8-12)25-26(19,20)21;;/h6-10H,1H2,2-5H3,(H2,19,20,21);;/q;2*+1/p-2. The number of ether oxygens (including phenoxy) is 3. The quantitative estimate of drug-likeness (QED) is 0.264. The molecule has 0 unspecified atom stereocenters. The Bertz CT molecular complexity index is 877. The predicted octanol–water partition coefficient (Wildman–Crippen LogP) is -4.63. The van der Waals surface area contributed by atoms with Crippen LogP contribution in [0, 0.1) is 0 Å². The summed E-state index contributed by atoms with van der Waals surface area (Å²) in [5.74, 6) is 3.24. The molecule has 29 heavy (non-hydrogen) atoms. The molecule has 0 amide bonds. The van der Waals surface area contributed by atoms with Crippen molar-refractivity contribution >= 4 is 32.8 Å². The topological polar surface area (TPSA) is 100 Å². The third kappa shape index (κ3) is 7.60. The molecule has 0 saturated heterocycles. The Kier molecular flexibility index (Phi) is 12.8. The van der Waals surface area contributed by atoms with Crippen molar-refractivity contribution in [3.8, 4) is 23.0 Å². The van der Waals surface area contributed by atoms with Gasteiger partial charge in [0.2, 0.25) is 0 Å². The molecule has 2 rings (SSSR count). The Hall–Kier alpha value is 0.0495. The zero-order chi connectivity index (χ0) is 20.2. The van der Waals surface area contributed by atoms with Crippen LogP contribution in [0.4, 0.5) is 0 Å². The first-order chi connectivity index (χ1) is 12.7. The van der Waals surface area contributed by atoms with Crippen LogP contribution >= 0.6 is 7.82 Å². The van der Waals surface area contributed by atoms with Gasteiger partial charge in [-0.2, -0.15) is 0 Å². The molecule has 0 aliphatic rings. The van der Waals surface area contributed by atoms with Gasteiger partial charge in [-0.1, -0.05) is 0 Å². The van der Waals surface area contributed by atoms with Crippen LogP contribution in [0.2, 0.25) is 5.82 Å². The van der Waals surface area contributed by atoms with Crippen molar-refractivity contribution in [2.45, 2.75) is 5.82 Å². The molecule has 0 aliphatic heterocycles. The maximum absolute atomic E-state index is 11.0. The summed E-state index contributed by atoms with van der Waals surface area (Å²) >= 11 is 0.140. The fourth-order valence-corrected chi connectivity index (χ4v) is 4.15. The summed E-state index contributed by atoms with van der Waals surface area (Å²) < 4.78 is 32.4. The summed E-state index contributed by atoms with van der Waals surface area (Å²) in [6.07, 6.45) is 0. The molecule has 0 bridgehead atoms. The van der Waals surface area contributed by atoms with E-state index in [2.05, 4.69) is 16.9 Å². The number of phosphoric acid groups is 1. The molecule has 0 aliphatic carbocycles. The number of benzene rings is 2. The first-order valence-electron chi connectivity index (χ1n) is 7.63. The minimum absolute atomic E-state index is 0. The monoisotopic (exact) mass is 504 g/mol. The molecule has 0 aromatic heterocycles. The van der Waals surface area contributed by atoms with E-state index in [1.807, 2.05) is 6.07 Å². The molecule has 2 aromatic carbocycles. The van der Waals surface area contributed by atoms with E-state index < -0.39 is 7.82 Å². The summed E-state index contributed by atoms with van der Waals surface area (Å²) in [7, 11) is -0.747. The van der Waals surface area contributed by atoms with Crippen LogP contribution in [0.15, 0.2) is 36.9 Å². The minimum Gasteiger partial charge on any atom is 1.00 e. The van der Waals surface area contributed by atoms with E-state index in [0.29, 0.717) is 22.6 Å². The van der Waals surface area contributed by atoms with Gasteiger partial charge in [-0.05, 0) is 0 Å². The van der Waals surface area contributed by atoms with Gasteiger partial charge in [-0.25, -0.2) is 0 Å². The summed E-state index contributed by atoms with van der Waals surface area (Å²) in [4.78, 5) is 22.0. The fraction of sp³-hybridized carbons (Fsp3) is 0.222. The van der Waals surface area contributed by atoms with Gasteiger partial charge in [-0.3, -0.25) is 0 Å². The second kappa shape index (κ2) is 12.8. The number of phosphoric ester groups is 1. The summed E-state index contributed by atoms with van der Waals surface area (Å²) in [6, 6.07) is 8.34. The summed E-state index contributed by atoms with van der Waals surface area (Å²) in [6.45, 7) is 4.08. The third-order valence-corrected chi connectivity index (χ3v) is 5.71. The molecule has 0 heterocycles. The van der Waals surface area contributed by atoms with E-state index in [-0.39, 0.29) is 85.6 Å². The maximum atomic E-state index is 11.0. The van der Waals surface area contributed by atoms with Gasteiger partial charge in [0, 0.05) is 0 Å². The summed E-state index contributed by atoms with van der Waals surface area (Å²) in [5.41, 5.74) is 1.94. The zero-order valence-electron chi connectivity index (χ0n) is 17.3. The molecule has 0 saturated carbocycles. The second-order valence-corrected chi connectivity index (χ2v) is 8.15. The molecule has 2 aromatic rings. The van der Waals surface area contributed by atoms with Crippen LogP contribution in [0.25, 0.3) is 5.57 Å². The van der Waals surface area contributed by atoms with E-state index in [1.54, 1.807) is 26.4 Å². The molecule has 0 N–H and O–H groups in total. The third-order valence-electron chi connectivity index (χ3n) is 3.74. The van der Waals surface area contributed by atoms with Crippen LogP contribution in [0.1, 0.15) is 11.1 Å². The number of methoxy groups -OCH3 is 3. The van der Waals surface area contributed by atoms with E-state index in [9.17, 15) is 14.4 Å². The first-order valence-corrected chi connectivity index (χ1v) is 11.7. The number of rotatable bonds is 8. The molecule has 0 fully saturated rings. The predicted molar refractivity (Wildman–Crippen MR) is 100 cm³/mol. The Labute approximate surface area is 221 Å². The molecule has 0 atom stereocenters. The van der Waals surface area contributed by atoms with E-state index >= 15 is 0 Å². The fourth-order valence-electron chi connectivity index (χ4n) is 2.48. The maximum Gasteiger partial charge on any atom is 1.00 e.